The summed E-state index contributed by atoms with van der Waals surface area (Å²) in [7, 11) is 0. The van der Waals surface area contributed by atoms with E-state index in [9.17, 15) is 0 Å². The van der Waals surface area contributed by atoms with Gasteiger partial charge in [0.15, 0.2) is 0 Å². The van der Waals surface area contributed by atoms with Gasteiger partial charge in [0.25, 0.3) is 0 Å². The lowest BCUT2D eigenvalue weighted by Gasteiger charge is -1.98. The summed E-state index contributed by atoms with van der Waals surface area (Å²) >= 11 is 1.88. The number of aromatic amines is 1. The second-order valence-corrected chi connectivity index (χ2v) is 6.22. The van der Waals surface area contributed by atoms with Gasteiger partial charge in [-0.2, -0.15) is 0 Å². The lowest BCUT2D eigenvalue weighted by atomic mass is 10.1. The summed E-state index contributed by atoms with van der Waals surface area (Å²) in [6.45, 7) is 2.20. The second kappa shape index (κ2) is 4.50. The monoisotopic (exact) mass is 277 g/mol. The van der Waals surface area contributed by atoms with Crippen LogP contribution in [0.3, 0.4) is 0 Å². The van der Waals surface area contributed by atoms with E-state index in [0.717, 1.165) is 6.42 Å². The van der Waals surface area contributed by atoms with Gasteiger partial charge in [0.2, 0.25) is 0 Å². The Labute approximate surface area is 121 Å². The molecule has 2 heterocycles. The van der Waals surface area contributed by atoms with Crippen LogP contribution in [0.2, 0.25) is 0 Å². The number of hydrogen-bond acceptors (Lipinski definition) is 1. The number of H-pyrrole nitrogens is 1. The SMILES string of the molecule is CCc1ccc(-c2cc3ccc4ccccc4c3[nH]2)s1. The van der Waals surface area contributed by atoms with E-state index < -0.39 is 0 Å². The molecule has 4 aromatic rings. The van der Waals surface area contributed by atoms with Gasteiger partial charge in [-0.1, -0.05) is 43.3 Å². The number of aromatic nitrogens is 1. The Hall–Kier alpha value is -2.06. The third kappa shape index (κ3) is 1.76. The van der Waals surface area contributed by atoms with Gasteiger partial charge in [-0.05, 0) is 30.0 Å². The molecule has 0 unspecified atom stereocenters. The number of hydrogen-bond donors (Lipinski definition) is 1. The third-order valence-corrected chi connectivity index (χ3v) is 5.06. The van der Waals surface area contributed by atoms with Crippen LogP contribution in [0, 0.1) is 0 Å². The summed E-state index contributed by atoms with van der Waals surface area (Å²) in [5.41, 5.74) is 2.46. The number of thiophene rings is 1. The van der Waals surface area contributed by atoms with Gasteiger partial charge in [-0.15, -0.1) is 11.3 Å². The van der Waals surface area contributed by atoms with E-state index in [1.54, 1.807) is 0 Å². The van der Waals surface area contributed by atoms with Gasteiger partial charge in [0.1, 0.15) is 0 Å². The van der Waals surface area contributed by atoms with E-state index in [1.165, 1.54) is 37.1 Å². The molecule has 1 nitrogen and oxygen atoms in total. The van der Waals surface area contributed by atoms with Crippen LogP contribution in [0.5, 0.6) is 0 Å². The lowest BCUT2D eigenvalue weighted by molar-refractivity contribution is 1.19. The van der Waals surface area contributed by atoms with Crippen molar-refractivity contribution in [1.29, 1.82) is 0 Å². The molecular weight excluding hydrogens is 262 g/mol. The highest BCUT2D eigenvalue weighted by Gasteiger charge is 2.08. The molecule has 0 fully saturated rings. The van der Waals surface area contributed by atoms with Crippen molar-refractivity contribution in [3.63, 3.8) is 0 Å². The standard InChI is InChI=1S/C18H15NS/c1-2-14-9-10-17(20-14)16-11-13-8-7-12-5-3-4-6-15(12)18(13)19-16/h3-11,19H,2H2,1H3. The quantitative estimate of drug-likeness (QED) is 0.490. The fourth-order valence-corrected chi connectivity index (χ4v) is 3.64. The minimum Gasteiger partial charge on any atom is -0.353 e. The molecule has 1 N–H and O–H groups in total. The van der Waals surface area contributed by atoms with E-state index in [0.29, 0.717) is 0 Å². The van der Waals surface area contributed by atoms with Crippen molar-refractivity contribution in [3.8, 4) is 10.6 Å². The molecule has 2 aromatic carbocycles. The molecule has 0 atom stereocenters. The molecule has 0 saturated heterocycles. The Morgan fingerprint density at radius 3 is 2.65 bits per heavy atom. The van der Waals surface area contributed by atoms with Gasteiger partial charge in [0, 0.05) is 15.6 Å². The Kier molecular flexibility index (Phi) is 2.64. The zero-order chi connectivity index (χ0) is 13.5. The Bertz CT molecular complexity index is 898. The first-order chi connectivity index (χ1) is 9.85. The third-order valence-electron chi connectivity index (χ3n) is 3.80. The molecule has 0 saturated carbocycles. The topological polar surface area (TPSA) is 15.8 Å². The van der Waals surface area contributed by atoms with Gasteiger partial charge < -0.3 is 4.98 Å². The molecule has 2 aromatic heterocycles. The Morgan fingerprint density at radius 1 is 0.950 bits per heavy atom. The normalized spacial score (nSPS) is 11.4. The zero-order valence-corrected chi connectivity index (χ0v) is 12.1. The molecule has 0 bridgehead atoms. The van der Waals surface area contributed by atoms with Crippen molar-refractivity contribution in [2.75, 3.05) is 0 Å². The number of rotatable bonds is 2. The van der Waals surface area contributed by atoms with Crippen LogP contribution in [0.4, 0.5) is 0 Å². The molecule has 0 aliphatic carbocycles. The van der Waals surface area contributed by atoms with E-state index in [-0.39, 0.29) is 0 Å². The molecule has 0 aliphatic rings. The minimum absolute atomic E-state index is 1.10. The van der Waals surface area contributed by atoms with Crippen molar-refractivity contribution in [1.82, 2.24) is 4.98 Å². The first kappa shape index (κ1) is 11.7. The van der Waals surface area contributed by atoms with E-state index in [4.69, 9.17) is 0 Å². The van der Waals surface area contributed by atoms with E-state index in [2.05, 4.69) is 66.5 Å². The predicted octanol–water partition coefficient (Wildman–Crippen LogP) is 5.61. The summed E-state index contributed by atoms with van der Waals surface area (Å²) in [6, 6.07) is 19.6. The fraction of sp³-hybridized carbons (Fsp3) is 0.111. The number of nitrogens with one attached hydrogen (secondary N) is 1. The average Bonchev–Trinajstić information content (AvgIpc) is 3.13. The first-order valence-corrected chi connectivity index (χ1v) is 7.76. The van der Waals surface area contributed by atoms with Gasteiger partial charge in [-0.3, -0.25) is 0 Å². The average molecular weight is 277 g/mol. The van der Waals surface area contributed by atoms with Crippen molar-refractivity contribution in [2.24, 2.45) is 0 Å². The maximum absolute atomic E-state index is 3.60. The van der Waals surface area contributed by atoms with Crippen LogP contribution in [-0.2, 0) is 6.42 Å². The highest BCUT2D eigenvalue weighted by molar-refractivity contribution is 7.15. The molecule has 2 heteroatoms. The number of fused-ring (bicyclic) bond motifs is 3. The van der Waals surface area contributed by atoms with Crippen molar-refractivity contribution < 1.29 is 0 Å². The second-order valence-electron chi connectivity index (χ2n) is 5.05. The molecule has 20 heavy (non-hydrogen) atoms. The number of benzene rings is 2. The first-order valence-electron chi connectivity index (χ1n) is 6.94. The Morgan fingerprint density at radius 2 is 1.80 bits per heavy atom. The van der Waals surface area contributed by atoms with Crippen LogP contribution < -0.4 is 0 Å². The summed E-state index contributed by atoms with van der Waals surface area (Å²) in [5.74, 6) is 0. The maximum Gasteiger partial charge on any atom is 0.0566 e. The molecular formula is C18H15NS. The molecule has 98 valence electrons. The smallest absolute Gasteiger partial charge is 0.0566 e. The largest absolute Gasteiger partial charge is 0.353 e. The summed E-state index contributed by atoms with van der Waals surface area (Å²) in [5, 5.41) is 3.86. The summed E-state index contributed by atoms with van der Waals surface area (Å²) in [6.07, 6.45) is 1.10. The summed E-state index contributed by atoms with van der Waals surface area (Å²) < 4.78 is 0. The van der Waals surface area contributed by atoms with Gasteiger partial charge in [-0.25, -0.2) is 0 Å². The highest BCUT2D eigenvalue weighted by Crippen LogP contribution is 2.33. The highest BCUT2D eigenvalue weighted by atomic mass is 32.1. The Balaban J connectivity index is 1.96. The maximum atomic E-state index is 3.60. The molecule has 0 spiro atoms. The van der Waals surface area contributed by atoms with Crippen LogP contribution in [-0.4, -0.2) is 4.98 Å². The van der Waals surface area contributed by atoms with Crippen molar-refractivity contribution in [3.05, 3.63) is 59.5 Å². The van der Waals surface area contributed by atoms with Crippen LogP contribution in [0.25, 0.3) is 32.2 Å². The van der Waals surface area contributed by atoms with Crippen LogP contribution in [0.15, 0.2) is 54.6 Å². The van der Waals surface area contributed by atoms with Crippen molar-refractivity contribution >= 4 is 33.0 Å². The zero-order valence-electron chi connectivity index (χ0n) is 11.3. The van der Waals surface area contributed by atoms with Gasteiger partial charge >= 0.3 is 0 Å². The molecule has 4 rings (SSSR count). The fourth-order valence-electron chi connectivity index (χ4n) is 2.72. The van der Waals surface area contributed by atoms with Crippen LogP contribution in [0.1, 0.15) is 11.8 Å². The summed E-state index contributed by atoms with van der Waals surface area (Å²) in [4.78, 5) is 6.36. The molecule has 0 radical (unpaired) electrons. The van der Waals surface area contributed by atoms with Crippen LogP contribution >= 0.6 is 11.3 Å². The lowest BCUT2D eigenvalue weighted by Crippen LogP contribution is -1.75. The van der Waals surface area contributed by atoms with Gasteiger partial charge in [0.05, 0.1) is 16.1 Å². The molecule has 0 amide bonds. The minimum atomic E-state index is 1.10. The predicted molar refractivity (Wildman–Crippen MR) is 88.5 cm³/mol. The van der Waals surface area contributed by atoms with Crippen molar-refractivity contribution in [2.45, 2.75) is 13.3 Å². The van der Waals surface area contributed by atoms with E-state index in [1.807, 2.05) is 11.3 Å². The molecule has 0 aliphatic heterocycles. The van der Waals surface area contributed by atoms with E-state index >= 15 is 0 Å². The number of aryl methyl sites for hydroxylation is 1.